The third-order valence-electron chi connectivity index (χ3n) is 3.56. The number of thiazole rings is 1. The van der Waals surface area contributed by atoms with Crippen LogP contribution in [-0.2, 0) is 4.79 Å². The molecular weight excluding hydrogens is 294 g/mol. The Hall–Kier alpha value is -1.72. The molecule has 1 heterocycles. The lowest BCUT2D eigenvalue weighted by Gasteiger charge is -2.16. The number of hydrogen-bond acceptors (Lipinski definition) is 4. The fourth-order valence-corrected chi connectivity index (χ4v) is 3.41. The topological polar surface area (TPSA) is 54.0 Å². The van der Waals surface area contributed by atoms with Gasteiger partial charge in [-0.1, -0.05) is 37.3 Å². The first-order valence-corrected chi connectivity index (χ1v) is 8.32. The summed E-state index contributed by atoms with van der Waals surface area (Å²) in [4.78, 5) is 17.9. The molecule has 2 atom stereocenters. The van der Waals surface area contributed by atoms with Gasteiger partial charge in [0, 0.05) is 18.0 Å². The van der Waals surface area contributed by atoms with Crippen molar-refractivity contribution in [2.75, 3.05) is 13.6 Å². The molecule has 0 radical (unpaired) electrons. The minimum absolute atomic E-state index is 0.0261. The molecule has 0 bridgehead atoms. The minimum Gasteiger partial charge on any atom is -0.348 e. The fourth-order valence-electron chi connectivity index (χ4n) is 2.33. The molecule has 2 N–H and O–H groups in total. The van der Waals surface area contributed by atoms with E-state index in [-0.39, 0.29) is 17.9 Å². The molecule has 0 aliphatic rings. The molecule has 0 aliphatic carbocycles. The lowest BCUT2D eigenvalue weighted by Crippen LogP contribution is -2.35. The van der Waals surface area contributed by atoms with Gasteiger partial charge in [-0.05, 0) is 20.9 Å². The van der Waals surface area contributed by atoms with Crippen molar-refractivity contribution in [1.82, 2.24) is 15.6 Å². The van der Waals surface area contributed by atoms with E-state index in [9.17, 15) is 4.79 Å². The third-order valence-corrected chi connectivity index (χ3v) is 4.95. The normalized spacial score (nSPS) is 13.6. The molecule has 1 aromatic heterocycles. The average molecular weight is 317 g/mol. The van der Waals surface area contributed by atoms with Crippen molar-refractivity contribution in [2.45, 2.75) is 26.8 Å². The molecule has 0 spiro atoms. The van der Waals surface area contributed by atoms with Gasteiger partial charge in [-0.2, -0.15) is 0 Å². The van der Waals surface area contributed by atoms with Crippen molar-refractivity contribution < 1.29 is 4.79 Å². The van der Waals surface area contributed by atoms with Gasteiger partial charge >= 0.3 is 0 Å². The van der Waals surface area contributed by atoms with Gasteiger partial charge in [-0.3, -0.25) is 4.79 Å². The number of aryl methyl sites for hydroxylation is 1. The highest BCUT2D eigenvalue weighted by Crippen LogP contribution is 2.31. The maximum Gasteiger partial charge on any atom is 0.224 e. The Balaban J connectivity index is 2.12. The second-order valence-corrected chi connectivity index (χ2v) is 6.55. The van der Waals surface area contributed by atoms with Crippen LogP contribution in [0.2, 0.25) is 0 Å². The molecule has 1 aromatic carbocycles. The maximum absolute atomic E-state index is 12.1. The predicted molar refractivity (Wildman–Crippen MR) is 91.9 cm³/mol. The molecule has 1 amide bonds. The zero-order valence-electron chi connectivity index (χ0n) is 13.5. The van der Waals surface area contributed by atoms with Crippen LogP contribution in [0, 0.1) is 12.8 Å². The zero-order chi connectivity index (χ0) is 16.1. The molecule has 0 aliphatic heterocycles. The largest absolute Gasteiger partial charge is 0.348 e. The van der Waals surface area contributed by atoms with E-state index in [2.05, 4.69) is 27.8 Å². The van der Waals surface area contributed by atoms with E-state index >= 15 is 0 Å². The Morgan fingerprint density at radius 1 is 1.27 bits per heavy atom. The number of benzene rings is 1. The summed E-state index contributed by atoms with van der Waals surface area (Å²) < 4.78 is 0. The molecule has 118 valence electrons. The van der Waals surface area contributed by atoms with E-state index in [1.54, 1.807) is 11.3 Å². The number of hydrogen-bond donors (Lipinski definition) is 2. The molecule has 2 rings (SSSR count). The summed E-state index contributed by atoms with van der Waals surface area (Å²) in [7, 11) is 1.85. The van der Waals surface area contributed by atoms with Crippen LogP contribution < -0.4 is 10.6 Å². The standard InChI is InChI=1S/C17H23N3OS/c1-11(10-18-4)16(21)19-12(2)15-13(3)20-17(22-15)14-8-6-5-7-9-14/h5-9,11-12,18H,10H2,1-4H3,(H,19,21). The third kappa shape index (κ3) is 3.93. The number of carbonyl (C=O) groups excluding carboxylic acids is 1. The molecule has 2 aromatic rings. The number of nitrogens with zero attached hydrogens (tertiary/aromatic N) is 1. The quantitative estimate of drug-likeness (QED) is 0.860. The summed E-state index contributed by atoms with van der Waals surface area (Å²) in [5, 5.41) is 7.10. The number of aromatic nitrogens is 1. The smallest absolute Gasteiger partial charge is 0.224 e. The van der Waals surface area contributed by atoms with Crippen LogP contribution in [0.3, 0.4) is 0 Å². The lowest BCUT2D eigenvalue weighted by molar-refractivity contribution is -0.125. The van der Waals surface area contributed by atoms with Crippen LogP contribution in [0.15, 0.2) is 30.3 Å². The first-order chi connectivity index (χ1) is 10.5. The average Bonchev–Trinajstić information content (AvgIpc) is 2.90. The van der Waals surface area contributed by atoms with Gasteiger partial charge in [-0.25, -0.2) is 4.98 Å². The maximum atomic E-state index is 12.1. The fraction of sp³-hybridized carbons (Fsp3) is 0.412. The van der Waals surface area contributed by atoms with E-state index in [1.165, 1.54) is 0 Å². The molecule has 2 unspecified atom stereocenters. The molecule has 22 heavy (non-hydrogen) atoms. The van der Waals surface area contributed by atoms with Crippen LogP contribution in [0.4, 0.5) is 0 Å². The first kappa shape index (κ1) is 16.6. The van der Waals surface area contributed by atoms with Crippen LogP contribution in [0.5, 0.6) is 0 Å². The van der Waals surface area contributed by atoms with Gasteiger partial charge in [-0.15, -0.1) is 11.3 Å². The number of amides is 1. The Labute approximate surface area is 136 Å². The van der Waals surface area contributed by atoms with Crippen molar-refractivity contribution >= 4 is 17.2 Å². The molecule has 5 heteroatoms. The van der Waals surface area contributed by atoms with Gasteiger partial charge in [0.25, 0.3) is 0 Å². The Kier molecular flexibility index (Phi) is 5.69. The van der Waals surface area contributed by atoms with Gasteiger partial charge < -0.3 is 10.6 Å². The second kappa shape index (κ2) is 7.51. The number of nitrogens with one attached hydrogen (secondary N) is 2. The van der Waals surface area contributed by atoms with Gasteiger partial charge in [0.15, 0.2) is 0 Å². The monoisotopic (exact) mass is 317 g/mol. The number of rotatable bonds is 6. The highest BCUT2D eigenvalue weighted by Gasteiger charge is 2.19. The summed E-state index contributed by atoms with van der Waals surface area (Å²) in [5.74, 6) is 0.0187. The van der Waals surface area contributed by atoms with Gasteiger partial charge in [0.05, 0.1) is 16.6 Å². The lowest BCUT2D eigenvalue weighted by atomic mass is 10.1. The van der Waals surface area contributed by atoms with Crippen molar-refractivity contribution in [1.29, 1.82) is 0 Å². The summed E-state index contributed by atoms with van der Waals surface area (Å²) >= 11 is 1.65. The van der Waals surface area contributed by atoms with E-state index < -0.39 is 0 Å². The van der Waals surface area contributed by atoms with E-state index in [0.717, 1.165) is 21.1 Å². The molecular formula is C17H23N3OS. The van der Waals surface area contributed by atoms with Crippen LogP contribution in [-0.4, -0.2) is 24.5 Å². The number of carbonyl (C=O) groups is 1. The van der Waals surface area contributed by atoms with Crippen molar-refractivity contribution in [3.05, 3.63) is 40.9 Å². The minimum atomic E-state index is -0.0470. The Morgan fingerprint density at radius 3 is 2.59 bits per heavy atom. The second-order valence-electron chi connectivity index (χ2n) is 5.52. The summed E-state index contributed by atoms with van der Waals surface area (Å²) in [6.45, 7) is 6.61. The summed E-state index contributed by atoms with van der Waals surface area (Å²) in [6.07, 6.45) is 0. The van der Waals surface area contributed by atoms with E-state index in [0.29, 0.717) is 6.54 Å². The summed E-state index contributed by atoms with van der Waals surface area (Å²) in [6, 6.07) is 10.1. The molecule has 0 saturated heterocycles. The molecule has 0 fully saturated rings. The van der Waals surface area contributed by atoms with Crippen LogP contribution in [0.1, 0.15) is 30.5 Å². The highest BCUT2D eigenvalue weighted by atomic mass is 32.1. The Bertz CT molecular complexity index is 624. The van der Waals surface area contributed by atoms with Crippen molar-refractivity contribution in [3.63, 3.8) is 0 Å². The van der Waals surface area contributed by atoms with E-state index in [4.69, 9.17) is 0 Å². The van der Waals surface area contributed by atoms with Crippen LogP contribution >= 0.6 is 11.3 Å². The van der Waals surface area contributed by atoms with Crippen LogP contribution in [0.25, 0.3) is 10.6 Å². The highest BCUT2D eigenvalue weighted by molar-refractivity contribution is 7.15. The molecule has 0 saturated carbocycles. The van der Waals surface area contributed by atoms with Gasteiger partial charge in [0.1, 0.15) is 5.01 Å². The predicted octanol–water partition coefficient (Wildman–Crippen LogP) is 3.15. The van der Waals surface area contributed by atoms with Gasteiger partial charge in [0.2, 0.25) is 5.91 Å². The van der Waals surface area contributed by atoms with Crippen molar-refractivity contribution in [2.24, 2.45) is 5.92 Å². The first-order valence-electron chi connectivity index (χ1n) is 7.50. The summed E-state index contributed by atoms with van der Waals surface area (Å²) in [5.41, 5.74) is 2.10. The van der Waals surface area contributed by atoms with Crippen molar-refractivity contribution in [3.8, 4) is 10.6 Å². The SMILES string of the molecule is CNCC(C)C(=O)NC(C)c1sc(-c2ccccc2)nc1C. The van der Waals surface area contributed by atoms with E-state index in [1.807, 2.05) is 46.0 Å². The molecule has 4 nitrogen and oxygen atoms in total. The zero-order valence-corrected chi connectivity index (χ0v) is 14.3. The Morgan fingerprint density at radius 2 is 1.95 bits per heavy atom.